The zero-order chi connectivity index (χ0) is 17.8. The lowest BCUT2D eigenvalue weighted by Gasteiger charge is -2.04. The van der Waals surface area contributed by atoms with Gasteiger partial charge in [-0.05, 0) is 32.0 Å². The molecule has 0 aliphatic heterocycles. The fraction of sp³-hybridized carbons (Fsp3) is 0.263. The van der Waals surface area contributed by atoms with Gasteiger partial charge in [-0.3, -0.25) is 4.79 Å². The number of furan rings is 1. The van der Waals surface area contributed by atoms with Gasteiger partial charge in [-0.2, -0.15) is 0 Å². The number of thiophene rings is 1. The number of benzene rings is 1. The Balaban J connectivity index is 1.78. The molecule has 0 aliphatic carbocycles. The lowest BCUT2D eigenvalue weighted by atomic mass is 10.1. The molecule has 0 radical (unpaired) electrons. The SMILES string of the molecule is CCOCc1c(C(=O)OCC(=O)c2ccc(C)s2)oc2ccccc12. The quantitative estimate of drug-likeness (QED) is 0.463. The number of rotatable bonds is 7. The number of ether oxygens (including phenoxy) is 2. The van der Waals surface area contributed by atoms with Crippen LogP contribution in [0.3, 0.4) is 0 Å². The van der Waals surface area contributed by atoms with E-state index >= 15 is 0 Å². The van der Waals surface area contributed by atoms with Crippen molar-refractivity contribution in [2.45, 2.75) is 20.5 Å². The second-order valence-electron chi connectivity index (χ2n) is 5.45. The Morgan fingerprint density at radius 1 is 1.16 bits per heavy atom. The van der Waals surface area contributed by atoms with Crippen molar-refractivity contribution in [3.63, 3.8) is 0 Å². The van der Waals surface area contributed by atoms with E-state index in [0.717, 1.165) is 10.3 Å². The van der Waals surface area contributed by atoms with Crippen LogP contribution in [0.2, 0.25) is 0 Å². The largest absolute Gasteiger partial charge is 0.451 e. The van der Waals surface area contributed by atoms with Crippen molar-refractivity contribution < 1.29 is 23.5 Å². The fourth-order valence-electron chi connectivity index (χ4n) is 2.46. The Morgan fingerprint density at radius 2 is 1.96 bits per heavy atom. The molecular weight excluding hydrogens is 340 g/mol. The number of aryl methyl sites for hydroxylation is 1. The van der Waals surface area contributed by atoms with Gasteiger partial charge in [0.25, 0.3) is 0 Å². The van der Waals surface area contributed by atoms with Crippen molar-refractivity contribution in [1.82, 2.24) is 0 Å². The molecule has 0 atom stereocenters. The maximum absolute atomic E-state index is 12.4. The lowest BCUT2D eigenvalue weighted by Crippen LogP contribution is -2.14. The average molecular weight is 358 g/mol. The third-order valence-corrected chi connectivity index (χ3v) is 4.73. The number of fused-ring (bicyclic) bond motifs is 1. The molecular formula is C19H18O5S. The van der Waals surface area contributed by atoms with Gasteiger partial charge in [0, 0.05) is 22.4 Å². The molecule has 0 amide bonds. The Bertz CT molecular complexity index is 906. The van der Waals surface area contributed by atoms with Crippen molar-refractivity contribution in [1.29, 1.82) is 0 Å². The summed E-state index contributed by atoms with van der Waals surface area (Å²) in [4.78, 5) is 26.1. The van der Waals surface area contributed by atoms with Crippen LogP contribution in [0.25, 0.3) is 11.0 Å². The first-order valence-electron chi connectivity index (χ1n) is 7.95. The number of carbonyl (C=O) groups is 2. The summed E-state index contributed by atoms with van der Waals surface area (Å²) < 4.78 is 16.3. The standard InChI is InChI=1S/C19H18O5S/c1-3-22-10-14-13-6-4-5-7-16(13)24-18(14)19(21)23-11-15(20)17-9-8-12(2)25-17/h4-9H,3,10-11H2,1-2H3. The van der Waals surface area contributed by atoms with E-state index in [-0.39, 0.29) is 24.8 Å². The van der Waals surface area contributed by atoms with Crippen molar-refractivity contribution >= 4 is 34.1 Å². The molecule has 0 fully saturated rings. The summed E-state index contributed by atoms with van der Waals surface area (Å²) in [6.07, 6.45) is 0. The van der Waals surface area contributed by atoms with E-state index < -0.39 is 5.97 Å². The molecule has 0 bridgehead atoms. The molecule has 2 aromatic heterocycles. The van der Waals surface area contributed by atoms with Gasteiger partial charge in [-0.15, -0.1) is 11.3 Å². The minimum atomic E-state index is -0.660. The predicted octanol–water partition coefficient (Wildman–Crippen LogP) is 4.38. The van der Waals surface area contributed by atoms with Crippen LogP contribution in [0.15, 0.2) is 40.8 Å². The van der Waals surface area contributed by atoms with Crippen molar-refractivity contribution in [3.8, 4) is 0 Å². The van der Waals surface area contributed by atoms with E-state index in [9.17, 15) is 9.59 Å². The molecule has 5 nitrogen and oxygen atoms in total. The van der Waals surface area contributed by atoms with Crippen LogP contribution >= 0.6 is 11.3 Å². The Morgan fingerprint density at radius 3 is 2.68 bits per heavy atom. The van der Waals surface area contributed by atoms with Crippen LogP contribution in [-0.4, -0.2) is 25.0 Å². The summed E-state index contributed by atoms with van der Waals surface area (Å²) in [7, 11) is 0. The molecule has 0 unspecified atom stereocenters. The van der Waals surface area contributed by atoms with E-state index in [0.29, 0.717) is 22.6 Å². The number of Topliss-reactive ketones (excluding diaryl/α,β-unsaturated/α-hetero) is 1. The minimum absolute atomic E-state index is 0.0878. The minimum Gasteiger partial charge on any atom is -0.451 e. The predicted molar refractivity (Wildman–Crippen MR) is 95.2 cm³/mol. The first-order chi connectivity index (χ1) is 12.1. The molecule has 6 heteroatoms. The van der Waals surface area contributed by atoms with Gasteiger partial charge in [0.15, 0.2) is 6.61 Å². The molecule has 3 rings (SSSR count). The lowest BCUT2D eigenvalue weighted by molar-refractivity contribution is 0.0440. The van der Waals surface area contributed by atoms with Crippen molar-refractivity contribution in [3.05, 3.63) is 57.5 Å². The molecule has 25 heavy (non-hydrogen) atoms. The van der Waals surface area contributed by atoms with Crippen LogP contribution in [0.5, 0.6) is 0 Å². The fourth-order valence-corrected chi connectivity index (χ4v) is 3.26. The summed E-state index contributed by atoms with van der Waals surface area (Å²) in [6, 6.07) is 10.9. The van der Waals surface area contributed by atoms with E-state index in [4.69, 9.17) is 13.9 Å². The monoisotopic (exact) mass is 358 g/mol. The summed E-state index contributed by atoms with van der Waals surface area (Å²) in [6.45, 7) is 4.24. The zero-order valence-electron chi connectivity index (χ0n) is 14.0. The second-order valence-corrected chi connectivity index (χ2v) is 6.74. The highest BCUT2D eigenvalue weighted by atomic mass is 32.1. The number of hydrogen-bond donors (Lipinski definition) is 0. The van der Waals surface area contributed by atoms with Gasteiger partial charge in [-0.1, -0.05) is 18.2 Å². The van der Waals surface area contributed by atoms with Gasteiger partial charge >= 0.3 is 5.97 Å². The molecule has 0 aliphatic rings. The number of esters is 1. The van der Waals surface area contributed by atoms with Gasteiger partial charge < -0.3 is 13.9 Å². The Labute approximate surface area is 149 Å². The highest BCUT2D eigenvalue weighted by Crippen LogP contribution is 2.27. The number of ketones is 1. The zero-order valence-corrected chi connectivity index (χ0v) is 14.9. The average Bonchev–Trinajstić information content (AvgIpc) is 3.21. The summed E-state index contributed by atoms with van der Waals surface area (Å²) >= 11 is 1.38. The highest BCUT2D eigenvalue weighted by molar-refractivity contribution is 7.14. The third-order valence-electron chi connectivity index (χ3n) is 3.68. The van der Waals surface area contributed by atoms with Crippen LogP contribution in [-0.2, 0) is 16.1 Å². The number of para-hydroxylation sites is 1. The second kappa shape index (κ2) is 7.63. The highest BCUT2D eigenvalue weighted by Gasteiger charge is 2.23. The van der Waals surface area contributed by atoms with Crippen LogP contribution in [0, 0.1) is 6.92 Å². The molecule has 130 valence electrons. The molecule has 0 spiro atoms. The Kier molecular flexibility index (Phi) is 5.31. The maximum atomic E-state index is 12.4. The molecule has 1 aromatic carbocycles. The first kappa shape index (κ1) is 17.4. The van der Waals surface area contributed by atoms with Gasteiger partial charge in [-0.25, -0.2) is 4.79 Å². The summed E-state index contributed by atoms with van der Waals surface area (Å²) in [5.74, 6) is -0.800. The van der Waals surface area contributed by atoms with Gasteiger partial charge in [0.1, 0.15) is 5.58 Å². The summed E-state index contributed by atoms with van der Waals surface area (Å²) in [5, 5.41) is 0.808. The summed E-state index contributed by atoms with van der Waals surface area (Å²) in [5.41, 5.74) is 1.23. The first-order valence-corrected chi connectivity index (χ1v) is 8.76. The normalized spacial score (nSPS) is 11.0. The smallest absolute Gasteiger partial charge is 0.375 e. The van der Waals surface area contributed by atoms with E-state index in [1.807, 2.05) is 38.1 Å². The van der Waals surface area contributed by atoms with Crippen LogP contribution < -0.4 is 0 Å². The number of hydrogen-bond acceptors (Lipinski definition) is 6. The number of carbonyl (C=O) groups excluding carboxylic acids is 2. The third kappa shape index (κ3) is 3.81. The van der Waals surface area contributed by atoms with E-state index in [1.54, 1.807) is 12.1 Å². The van der Waals surface area contributed by atoms with Gasteiger partial charge in [0.05, 0.1) is 11.5 Å². The molecule has 0 saturated carbocycles. The topological polar surface area (TPSA) is 65.7 Å². The van der Waals surface area contributed by atoms with E-state index in [1.165, 1.54) is 11.3 Å². The van der Waals surface area contributed by atoms with Crippen molar-refractivity contribution in [2.75, 3.05) is 13.2 Å². The van der Waals surface area contributed by atoms with Crippen LogP contribution in [0.4, 0.5) is 0 Å². The molecule has 2 heterocycles. The molecule has 3 aromatic rings. The molecule has 0 N–H and O–H groups in total. The van der Waals surface area contributed by atoms with Crippen LogP contribution in [0.1, 0.15) is 37.6 Å². The maximum Gasteiger partial charge on any atom is 0.375 e. The van der Waals surface area contributed by atoms with Gasteiger partial charge in [0.2, 0.25) is 11.5 Å². The Hall–Kier alpha value is -2.44. The van der Waals surface area contributed by atoms with Crippen molar-refractivity contribution in [2.24, 2.45) is 0 Å². The molecule has 0 saturated heterocycles. The van der Waals surface area contributed by atoms with E-state index in [2.05, 4.69) is 0 Å².